The number of thiophene rings is 1. The minimum atomic E-state index is -5.38. The summed E-state index contributed by atoms with van der Waals surface area (Å²) < 4.78 is 56.9. The molecule has 4 rings (SSSR count). The number of carbonyl (C=O) groups is 2. The molecule has 13 heteroatoms. The number of hydrogen-bond donors (Lipinski definition) is 3. The van der Waals surface area contributed by atoms with E-state index in [4.69, 9.17) is 11.6 Å². The summed E-state index contributed by atoms with van der Waals surface area (Å²) in [6.07, 6.45) is -5.38. The third-order valence-electron chi connectivity index (χ3n) is 5.96. The predicted molar refractivity (Wildman–Crippen MR) is 141 cm³/mol. The first-order chi connectivity index (χ1) is 18.5. The molecular weight excluding hydrogens is 578 g/mol. The van der Waals surface area contributed by atoms with Gasteiger partial charge in [-0.05, 0) is 47.3 Å². The summed E-state index contributed by atoms with van der Waals surface area (Å²) in [6, 6.07) is 15.3. The lowest BCUT2D eigenvalue weighted by Gasteiger charge is -2.45. The van der Waals surface area contributed by atoms with Crippen molar-refractivity contribution in [2.24, 2.45) is 5.92 Å². The molecule has 3 unspecified atom stereocenters. The average Bonchev–Trinajstić information content (AvgIpc) is 3.43. The van der Waals surface area contributed by atoms with Gasteiger partial charge >= 0.3 is 6.18 Å². The van der Waals surface area contributed by atoms with Gasteiger partial charge in [0.25, 0.3) is 0 Å². The van der Waals surface area contributed by atoms with E-state index in [9.17, 15) is 37.5 Å². The first-order valence-corrected chi connectivity index (χ1v) is 13.4. The number of benzene rings is 2. The van der Waals surface area contributed by atoms with Crippen LogP contribution >= 0.6 is 34.7 Å². The van der Waals surface area contributed by atoms with Gasteiger partial charge in [0.1, 0.15) is 5.82 Å². The summed E-state index contributed by atoms with van der Waals surface area (Å²) in [5, 5.41) is 26.8. The number of halogens is 5. The number of Topliss-reactive ketones (excluding diaryl/α,β-unsaturated/α-hetero) is 1. The Morgan fingerprint density at radius 2 is 1.85 bits per heavy atom. The van der Waals surface area contributed by atoms with Crippen LogP contribution in [-0.2, 0) is 4.79 Å². The number of anilines is 1. The number of carbonyl (C=O) groups excluding carboxylic acids is 2. The van der Waals surface area contributed by atoms with Crippen LogP contribution in [0, 0.1) is 23.1 Å². The Morgan fingerprint density at radius 1 is 1.15 bits per heavy atom. The molecule has 6 nitrogen and oxygen atoms in total. The van der Waals surface area contributed by atoms with Crippen LogP contribution in [0.5, 0.6) is 0 Å². The summed E-state index contributed by atoms with van der Waals surface area (Å²) >= 11 is 7.77. The maximum Gasteiger partial charge on any atom is 0.437 e. The Balaban J connectivity index is 1.79. The molecule has 1 aliphatic heterocycles. The number of thioether (sulfide) groups is 1. The van der Waals surface area contributed by atoms with E-state index < -0.39 is 52.0 Å². The van der Waals surface area contributed by atoms with Crippen LogP contribution in [-0.4, -0.2) is 34.5 Å². The lowest BCUT2D eigenvalue weighted by atomic mass is 9.70. The molecule has 0 spiro atoms. The number of nitrogens with zero attached hydrogens (tertiary/aromatic N) is 1. The molecule has 3 aromatic rings. The summed E-state index contributed by atoms with van der Waals surface area (Å²) in [7, 11) is 0. The van der Waals surface area contributed by atoms with E-state index >= 15 is 0 Å². The molecule has 0 saturated heterocycles. The highest BCUT2D eigenvalue weighted by Crippen LogP contribution is 2.52. The maximum atomic E-state index is 14.6. The van der Waals surface area contributed by atoms with Gasteiger partial charge in [-0.1, -0.05) is 47.6 Å². The van der Waals surface area contributed by atoms with E-state index in [-0.39, 0.29) is 26.7 Å². The second-order valence-corrected chi connectivity index (χ2v) is 10.7. The smallest absolute Gasteiger partial charge is 0.363 e. The van der Waals surface area contributed by atoms with Crippen molar-refractivity contribution >= 4 is 52.1 Å². The Morgan fingerprint density at radius 3 is 2.44 bits per heavy atom. The van der Waals surface area contributed by atoms with Crippen LogP contribution in [0.2, 0.25) is 5.02 Å². The minimum Gasteiger partial charge on any atom is -0.363 e. The van der Waals surface area contributed by atoms with Crippen molar-refractivity contribution in [2.45, 2.75) is 17.8 Å². The van der Waals surface area contributed by atoms with Crippen molar-refractivity contribution in [1.82, 2.24) is 5.32 Å². The Bertz CT molecular complexity index is 1460. The normalized spacial score (nSPS) is 21.2. The summed E-state index contributed by atoms with van der Waals surface area (Å²) in [5.41, 5.74) is -3.83. The molecule has 1 amide bonds. The standard InChI is InChI=1S/C26H18ClF4N3O3S2/c27-18-5-2-1-4-16(18)21-17(12-32)24(39-13-20(35)33-15-9-7-14(28)8-10-15)34-25(37,26(29,30)31)22(21)23(36)19-6-3-11-38-19/h1-11,21-22,34,37H,13H2,(H,33,35). The fraction of sp³-hybridized carbons (Fsp3) is 0.192. The highest BCUT2D eigenvalue weighted by Gasteiger charge is 2.66. The first kappa shape index (κ1) is 28.6. The molecule has 3 atom stereocenters. The predicted octanol–water partition coefficient (Wildman–Crippen LogP) is 6.08. The lowest BCUT2D eigenvalue weighted by molar-refractivity contribution is -0.285. The molecule has 202 valence electrons. The minimum absolute atomic E-state index is 0.0101. The number of alkyl halides is 3. The van der Waals surface area contributed by atoms with Crippen LogP contribution < -0.4 is 10.6 Å². The SMILES string of the molecule is N#CC1=C(SCC(=O)Nc2ccc(F)cc2)NC(O)(C(F)(F)F)C(C(=O)c2cccs2)C1c1ccccc1Cl. The number of allylic oxidation sites excluding steroid dienone is 1. The van der Waals surface area contributed by atoms with E-state index in [1.54, 1.807) is 0 Å². The number of aliphatic hydroxyl groups is 1. The van der Waals surface area contributed by atoms with Crippen molar-refractivity contribution in [3.8, 4) is 6.07 Å². The quantitative estimate of drug-likeness (QED) is 0.226. The number of ketones is 1. The fourth-order valence-corrected chi connectivity index (χ4v) is 6.05. The number of hydrogen-bond acceptors (Lipinski definition) is 7. The van der Waals surface area contributed by atoms with Gasteiger partial charge in [0.15, 0.2) is 5.78 Å². The van der Waals surface area contributed by atoms with E-state index in [0.717, 1.165) is 23.5 Å². The topological polar surface area (TPSA) is 102 Å². The van der Waals surface area contributed by atoms with Gasteiger partial charge in [0.05, 0.1) is 33.2 Å². The van der Waals surface area contributed by atoms with Crippen LogP contribution in [0.4, 0.5) is 23.2 Å². The number of amides is 1. The van der Waals surface area contributed by atoms with Gasteiger partial charge in [0, 0.05) is 16.6 Å². The average molecular weight is 596 g/mol. The lowest BCUT2D eigenvalue weighted by Crippen LogP contribution is -2.66. The molecular formula is C26H18ClF4N3O3S2. The van der Waals surface area contributed by atoms with Gasteiger partial charge in [-0.3, -0.25) is 9.59 Å². The molecule has 3 N–H and O–H groups in total. The number of nitriles is 1. The van der Waals surface area contributed by atoms with Crippen LogP contribution in [0.1, 0.15) is 21.2 Å². The zero-order valence-electron chi connectivity index (χ0n) is 19.6. The number of rotatable bonds is 7. The van der Waals surface area contributed by atoms with Gasteiger partial charge in [-0.15, -0.1) is 11.3 Å². The fourth-order valence-electron chi connectivity index (χ4n) is 4.19. The molecule has 0 radical (unpaired) electrons. The molecule has 39 heavy (non-hydrogen) atoms. The van der Waals surface area contributed by atoms with E-state index in [1.165, 1.54) is 53.9 Å². The monoisotopic (exact) mass is 595 g/mol. The van der Waals surface area contributed by atoms with Gasteiger partial charge < -0.3 is 15.7 Å². The largest absolute Gasteiger partial charge is 0.437 e. The third kappa shape index (κ3) is 5.81. The van der Waals surface area contributed by atoms with Crippen molar-refractivity contribution in [3.63, 3.8) is 0 Å². The Kier molecular flexibility index (Phi) is 8.37. The highest BCUT2D eigenvalue weighted by atomic mass is 35.5. The third-order valence-corrected chi connectivity index (χ3v) is 8.20. The Hall–Kier alpha value is -3.37. The second-order valence-electron chi connectivity index (χ2n) is 8.41. The molecule has 0 saturated carbocycles. The van der Waals surface area contributed by atoms with Gasteiger partial charge in [-0.2, -0.15) is 18.4 Å². The summed E-state index contributed by atoms with van der Waals surface area (Å²) in [6.45, 7) is 0. The molecule has 2 heterocycles. The van der Waals surface area contributed by atoms with Crippen LogP contribution in [0.15, 0.2) is 76.6 Å². The summed E-state index contributed by atoms with van der Waals surface area (Å²) in [4.78, 5) is 26.0. The second kappa shape index (κ2) is 11.4. The van der Waals surface area contributed by atoms with E-state index in [1.807, 2.05) is 11.4 Å². The van der Waals surface area contributed by atoms with Gasteiger partial charge in [0.2, 0.25) is 11.6 Å². The van der Waals surface area contributed by atoms with Crippen molar-refractivity contribution in [2.75, 3.05) is 11.1 Å². The van der Waals surface area contributed by atoms with Crippen LogP contribution in [0.3, 0.4) is 0 Å². The molecule has 0 aliphatic carbocycles. The number of nitrogens with one attached hydrogen (secondary N) is 2. The molecule has 0 fully saturated rings. The van der Waals surface area contributed by atoms with E-state index in [0.29, 0.717) is 11.8 Å². The van der Waals surface area contributed by atoms with Crippen molar-refractivity contribution < 1.29 is 32.3 Å². The van der Waals surface area contributed by atoms with E-state index in [2.05, 4.69) is 5.32 Å². The summed E-state index contributed by atoms with van der Waals surface area (Å²) in [5.74, 6) is -6.52. The Labute approximate surface area is 233 Å². The molecule has 2 aromatic carbocycles. The molecule has 0 bridgehead atoms. The first-order valence-electron chi connectivity index (χ1n) is 11.2. The van der Waals surface area contributed by atoms with Crippen molar-refractivity contribution in [3.05, 3.63) is 97.9 Å². The molecule has 1 aromatic heterocycles. The highest BCUT2D eigenvalue weighted by molar-refractivity contribution is 8.03. The van der Waals surface area contributed by atoms with Gasteiger partial charge in [-0.25, -0.2) is 4.39 Å². The van der Waals surface area contributed by atoms with Crippen molar-refractivity contribution in [1.29, 1.82) is 5.26 Å². The maximum absolute atomic E-state index is 14.6. The zero-order chi connectivity index (χ0) is 28.4. The zero-order valence-corrected chi connectivity index (χ0v) is 22.0. The van der Waals surface area contributed by atoms with Crippen LogP contribution in [0.25, 0.3) is 0 Å². The molecule has 1 aliphatic rings.